The Kier molecular flexibility index (Phi) is 5.71. The minimum Gasteiger partial charge on any atom is -0.350 e. The van der Waals surface area contributed by atoms with Crippen LogP contribution in [-0.4, -0.2) is 41.2 Å². The van der Waals surface area contributed by atoms with Gasteiger partial charge < -0.3 is 10.2 Å². The van der Waals surface area contributed by atoms with Gasteiger partial charge in [-0.1, -0.05) is 12.1 Å². The van der Waals surface area contributed by atoms with Crippen molar-refractivity contribution in [3.8, 4) is 0 Å². The quantitative estimate of drug-likeness (QED) is 0.816. The van der Waals surface area contributed by atoms with Crippen molar-refractivity contribution in [3.05, 3.63) is 65.2 Å². The molecule has 3 amide bonds. The van der Waals surface area contributed by atoms with Crippen LogP contribution in [0.5, 0.6) is 0 Å². The van der Waals surface area contributed by atoms with Crippen LogP contribution >= 0.6 is 0 Å². The lowest BCUT2D eigenvalue weighted by Crippen LogP contribution is -2.55. The summed E-state index contributed by atoms with van der Waals surface area (Å²) in [6.45, 7) is 1.84. The molecule has 2 aliphatic heterocycles. The van der Waals surface area contributed by atoms with Crippen LogP contribution in [0, 0.1) is 11.6 Å². The monoisotopic (exact) mass is 427 g/mol. The van der Waals surface area contributed by atoms with E-state index in [1.54, 1.807) is 36.1 Å². The van der Waals surface area contributed by atoms with Gasteiger partial charge in [0.1, 0.15) is 23.7 Å². The van der Waals surface area contributed by atoms with Gasteiger partial charge in [0.15, 0.2) is 0 Å². The Morgan fingerprint density at radius 2 is 1.94 bits per heavy atom. The maximum atomic E-state index is 13.9. The number of benzene rings is 2. The van der Waals surface area contributed by atoms with Gasteiger partial charge in [-0.05, 0) is 56.5 Å². The number of para-hydroxylation sites is 1. The number of carbonyl (C=O) groups is 3. The van der Waals surface area contributed by atoms with Crippen molar-refractivity contribution in [1.29, 1.82) is 0 Å². The second-order valence-electron chi connectivity index (χ2n) is 7.87. The highest BCUT2D eigenvalue weighted by atomic mass is 19.1. The van der Waals surface area contributed by atoms with Crippen LogP contribution in [0.15, 0.2) is 42.5 Å². The number of hydrogen-bond acceptors (Lipinski definition) is 3. The van der Waals surface area contributed by atoms with Crippen molar-refractivity contribution >= 4 is 23.4 Å². The van der Waals surface area contributed by atoms with E-state index in [-0.39, 0.29) is 23.9 Å². The van der Waals surface area contributed by atoms with Crippen LogP contribution in [0.2, 0.25) is 0 Å². The van der Waals surface area contributed by atoms with Gasteiger partial charge >= 0.3 is 0 Å². The van der Waals surface area contributed by atoms with Crippen LogP contribution in [0.4, 0.5) is 14.5 Å². The van der Waals surface area contributed by atoms with E-state index in [2.05, 4.69) is 5.32 Å². The number of piperidine rings is 1. The molecule has 0 spiro atoms. The smallest absolute Gasteiger partial charge is 0.256 e. The minimum atomic E-state index is -0.944. The molecule has 1 fully saturated rings. The van der Waals surface area contributed by atoms with Crippen LogP contribution in [0.3, 0.4) is 0 Å². The molecular formula is C23H23F2N3O3. The molecule has 0 aromatic heterocycles. The third-order valence-corrected chi connectivity index (χ3v) is 5.91. The van der Waals surface area contributed by atoms with Crippen LogP contribution < -0.4 is 10.2 Å². The van der Waals surface area contributed by atoms with Crippen LogP contribution in [0.25, 0.3) is 0 Å². The summed E-state index contributed by atoms with van der Waals surface area (Å²) in [5.74, 6) is -2.29. The summed E-state index contributed by atoms with van der Waals surface area (Å²) in [6.07, 6.45) is 2.19. The fourth-order valence-electron chi connectivity index (χ4n) is 4.26. The van der Waals surface area contributed by atoms with Crippen molar-refractivity contribution in [2.75, 3.05) is 11.4 Å². The summed E-state index contributed by atoms with van der Waals surface area (Å²) in [5, 5.41) is 2.58. The maximum absolute atomic E-state index is 13.9. The van der Waals surface area contributed by atoms with E-state index in [1.807, 2.05) is 0 Å². The topological polar surface area (TPSA) is 69.7 Å². The zero-order valence-electron chi connectivity index (χ0n) is 17.1. The lowest BCUT2D eigenvalue weighted by atomic mass is 10.0. The third-order valence-electron chi connectivity index (χ3n) is 5.91. The SMILES string of the molecule is CC(C(=O)NCc1cc(F)ccc1F)N1C(=O)C2CCCCN2C(=O)c2ccccc21. The first-order valence-corrected chi connectivity index (χ1v) is 10.3. The van der Waals surface area contributed by atoms with E-state index in [9.17, 15) is 23.2 Å². The molecule has 1 saturated heterocycles. The highest BCUT2D eigenvalue weighted by Crippen LogP contribution is 2.33. The average Bonchev–Trinajstić information content (AvgIpc) is 2.87. The molecule has 1 N–H and O–H groups in total. The molecule has 4 rings (SSSR count). The fourth-order valence-corrected chi connectivity index (χ4v) is 4.26. The molecule has 2 heterocycles. The van der Waals surface area contributed by atoms with E-state index >= 15 is 0 Å². The summed E-state index contributed by atoms with van der Waals surface area (Å²) < 4.78 is 27.3. The van der Waals surface area contributed by atoms with Crippen molar-refractivity contribution in [2.45, 2.75) is 44.8 Å². The summed E-state index contributed by atoms with van der Waals surface area (Å²) >= 11 is 0. The number of nitrogens with zero attached hydrogens (tertiary/aromatic N) is 2. The standard InChI is InChI=1S/C23H23F2N3O3/c1-14(21(29)26-13-15-12-16(24)9-10-18(15)25)28-19-7-3-2-6-17(19)22(30)27-11-5-4-8-20(27)23(28)31/h2-3,6-7,9-10,12,14,20H,4-5,8,11,13H2,1H3,(H,26,29). The number of carbonyl (C=O) groups excluding carboxylic acids is 3. The van der Waals surface area contributed by atoms with E-state index in [0.717, 1.165) is 31.0 Å². The Labute approximate surface area is 178 Å². The van der Waals surface area contributed by atoms with E-state index in [0.29, 0.717) is 24.2 Å². The van der Waals surface area contributed by atoms with Crippen molar-refractivity contribution in [1.82, 2.24) is 10.2 Å². The number of fused-ring (bicyclic) bond motifs is 2. The molecular weight excluding hydrogens is 404 g/mol. The van der Waals surface area contributed by atoms with E-state index in [1.165, 1.54) is 4.90 Å². The Balaban J connectivity index is 1.62. The molecule has 2 atom stereocenters. The first-order valence-electron chi connectivity index (χ1n) is 10.3. The molecule has 0 radical (unpaired) electrons. The Hall–Kier alpha value is -3.29. The molecule has 2 aromatic rings. The third kappa shape index (κ3) is 3.89. The van der Waals surface area contributed by atoms with Gasteiger partial charge in [0, 0.05) is 18.7 Å². The van der Waals surface area contributed by atoms with Gasteiger partial charge in [-0.3, -0.25) is 19.3 Å². The lowest BCUT2D eigenvalue weighted by molar-refractivity contribution is -0.128. The largest absolute Gasteiger partial charge is 0.350 e. The minimum absolute atomic E-state index is 0.0109. The Morgan fingerprint density at radius 1 is 1.16 bits per heavy atom. The molecule has 2 aromatic carbocycles. The second-order valence-corrected chi connectivity index (χ2v) is 7.87. The van der Waals surface area contributed by atoms with Crippen molar-refractivity contribution in [3.63, 3.8) is 0 Å². The van der Waals surface area contributed by atoms with Crippen LogP contribution in [0.1, 0.15) is 42.1 Å². The van der Waals surface area contributed by atoms with Gasteiger partial charge in [-0.15, -0.1) is 0 Å². The number of amides is 3. The summed E-state index contributed by atoms with van der Waals surface area (Å²) in [4.78, 5) is 42.4. The second kappa shape index (κ2) is 8.45. The fraction of sp³-hybridized carbons (Fsp3) is 0.348. The predicted octanol–water partition coefficient (Wildman–Crippen LogP) is 3.01. The molecule has 2 unspecified atom stereocenters. The first-order chi connectivity index (χ1) is 14.9. The number of nitrogens with one attached hydrogen (secondary N) is 1. The van der Waals surface area contributed by atoms with Gasteiger partial charge in [-0.2, -0.15) is 0 Å². The number of rotatable bonds is 4. The Morgan fingerprint density at radius 3 is 2.74 bits per heavy atom. The molecule has 6 nitrogen and oxygen atoms in total. The average molecular weight is 427 g/mol. The van der Waals surface area contributed by atoms with Gasteiger partial charge in [0.25, 0.3) is 11.8 Å². The summed E-state index contributed by atoms with van der Waals surface area (Å²) in [5.41, 5.74) is 0.763. The van der Waals surface area contributed by atoms with E-state index in [4.69, 9.17) is 0 Å². The van der Waals surface area contributed by atoms with Gasteiger partial charge in [-0.25, -0.2) is 8.78 Å². The first kappa shape index (κ1) is 21.0. The Bertz CT molecular complexity index is 1040. The normalized spacial score (nSPS) is 19.4. The highest BCUT2D eigenvalue weighted by molar-refractivity contribution is 6.13. The molecule has 31 heavy (non-hydrogen) atoms. The summed E-state index contributed by atoms with van der Waals surface area (Å²) in [7, 11) is 0. The van der Waals surface area contributed by atoms with Gasteiger partial charge in [0.05, 0.1) is 11.3 Å². The predicted molar refractivity (Wildman–Crippen MR) is 110 cm³/mol. The van der Waals surface area contributed by atoms with Crippen molar-refractivity contribution in [2.24, 2.45) is 0 Å². The summed E-state index contributed by atoms with van der Waals surface area (Å²) in [6, 6.07) is 8.20. The molecule has 0 aliphatic carbocycles. The zero-order chi connectivity index (χ0) is 22.1. The molecule has 162 valence electrons. The van der Waals surface area contributed by atoms with Gasteiger partial charge in [0.2, 0.25) is 5.91 Å². The molecule has 0 bridgehead atoms. The van der Waals surface area contributed by atoms with Crippen LogP contribution in [-0.2, 0) is 16.1 Å². The number of hydrogen-bond donors (Lipinski definition) is 1. The maximum Gasteiger partial charge on any atom is 0.256 e. The number of anilines is 1. The molecule has 2 aliphatic rings. The molecule has 0 saturated carbocycles. The molecule has 8 heteroatoms. The lowest BCUT2D eigenvalue weighted by Gasteiger charge is -2.35. The number of halogens is 2. The highest BCUT2D eigenvalue weighted by Gasteiger charge is 2.43. The van der Waals surface area contributed by atoms with Crippen molar-refractivity contribution < 1.29 is 23.2 Å². The zero-order valence-corrected chi connectivity index (χ0v) is 17.1. The van der Waals surface area contributed by atoms with E-state index < -0.39 is 29.6 Å².